The molecular formula is C12H18FNOS. The number of ether oxygens (including phenoxy) is 1. The summed E-state index contributed by atoms with van der Waals surface area (Å²) in [6.07, 6.45) is 0.954. The molecule has 0 spiro atoms. The standard InChI is InChI=1S/C12H18FNOS/c1-9(14)12-10(13)5-3-6-11(12)16-8-4-7-15-2/h3,5-6,9H,4,7-8,14H2,1-2H3/t9-/m0/s1. The fraction of sp³-hybridized carbons (Fsp3) is 0.500. The van der Waals surface area contributed by atoms with Crippen LogP contribution in [0, 0.1) is 5.82 Å². The van der Waals surface area contributed by atoms with Crippen LogP contribution in [0.1, 0.15) is 24.9 Å². The molecule has 1 rings (SSSR count). The largest absolute Gasteiger partial charge is 0.385 e. The van der Waals surface area contributed by atoms with E-state index >= 15 is 0 Å². The summed E-state index contributed by atoms with van der Waals surface area (Å²) in [6, 6.07) is 4.82. The van der Waals surface area contributed by atoms with Gasteiger partial charge in [0, 0.05) is 36.0 Å². The van der Waals surface area contributed by atoms with Gasteiger partial charge in [0.1, 0.15) is 5.82 Å². The van der Waals surface area contributed by atoms with Gasteiger partial charge >= 0.3 is 0 Å². The summed E-state index contributed by atoms with van der Waals surface area (Å²) >= 11 is 1.63. The molecule has 0 bridgehead atoms. The van der Waals surface area contributed by atoms with Gasteiger partial charge in [-0.25, -0.2) is 4.39 Å². The Morgan fingerprint density at radius 1 is 1.50 bits per heavy atom. The van der Waals surface area contributed by atoms with E-state index in [1.54, 1.807) is 31.9 Å². The van der Waals surface area contributed by atoms with Crippen LogP contribution in [-0.2, 0) is 4.74 Å². The Bertz CT molecular complexity index is 331. The zero-order valence-corrected chi connectivity index (χ0v) is 10.5. The highest BCUT2D eigenvalue weighted by atomic mass is 32.2. The minimum Gasteiger partial charge on any atom is -0.385 e. The van der Waals surface area contributed by atoms with E-state index in [9.17, 15) is 4.39 Å². The van der Waals surface area contributed by atoms with Crippen LogP contribution in [0.4, 0.5) is 4.39 Å². The predicted octanol–water partition coefficient (Wildman–Crippen LogP) is 2.97. The topological polar surface area (TPSA) is 35.2 Å². The van der Waals surface area contributed by atoms with E-state index in [1.165, 1.54) is 6.07 Å². The average Bonchev–Trinajstić information content (AvgIpc) is 2.24. The van der Waals surface area contributed by atoms with Crippen molar-refractivity contribution in [3.05, 3.63) is 29.6 Å². The van der Waals surface area contributed by atoms with Gasteiger partial charge in [-0.1, -0.05) is 6.07 Å². The van der Waals surface area contributed by atoms with E-state index in [0.717, 1.165) is 23.7 Å². The van der Waals surface area contributed by atoms with Crippen molar-refractivity contribution >= 4 is 11.8 Å². The molecule has 0 saturated carbocycles. The van der Waals surface area contributed by atoms with Gasteiger partial charge in [-0.3, -0.25) is 0 Å². The molecule has 0 aromatic heterocycles. The smallest absolute Gasteiger partial charge is 0.129 e. The summed E-state index contributed by atoms with van der Waals surface area (Å²) in [5, 5.41) is 0. The van der Waals surface area contributed by atoms with E-state index in [1.807, 2.05) is 6.07 Å². The van der Waals surface area contributed by atoms with Crippen LogP contribution in [0.15, 0.2) is 23.1 Å². The van der Waals surface area contributed by atoms with Gasteiger partial charge in [-0.05, 0) is 25.5 Å². The Hall–Kier alpha value is -0.580. The van der Waals surface area contributed by atoms with E-state index in [-0.39, 0.29) is 11.9 Å². The molecular weight excluding hydrogens is 225 g/mol. The molecule has 16 heavy (non-hydrogen) atoms. The van der Waals surface area contributed by atoms with Crippen LogP contribution >= 0.6 is 11.8 Å². The molecule has 0 fully saturated rings. The first-order valence-electron chi connectivity index (χ1n) is 5.32. The fourth-order valence-corrected chi connectivity index (χ4v) is 2.57. The molecule has 1 aromatic carbocycles. The normalized spacial score (nSPS) is 12.8. The Morgan fingerprint density at radius 2 is 2.25 bits per heavy atom. The van der Waals surface area contributed by atoms with Gasteiger partial charge in [0.2, 0.25) is 0 Å². The monoisotopic (exact) mass is 243 g/mol. The maximum Gasteiger partial charge on any atom is 0.129 e. The number of hydrogen-bond donors (Lipinski definition) is 1. The lowest BCUT2D eigenvalue weighted by atomic mass is 10.1. The van der Waals surface area contributed by atoms with Crippen LogP contribution in [0.25, 0.3) is 0 Å². The second-order valence-electron chi connectivity index (χ2n) is 3.64. The molecule has 0 heterocycles. The molecule has 0 saturated heterocycles. The summed E-state index contributed by atoms with van der Waals surface area (Å²) in [6.45, 7) is 2.54. The number of nitrogens with two attached hydrogens (primary N) is 1. The number of benzene rings is 1. The van der Waals surface area contributed by atoms with Crippen molar-refractivity contribution in [2.75, 3.05) is 19.5 Å². The third-order valence-corrected chi connectivity index (χ3v) is 3.38. The van der Waals surface area contributed by atoms with Crippen molar-refractivity contribution in [3.63, 3.8) is 0 Å². The van der Waals surface area contributed by atoms with Crippen molar-refractivity contribution in [2.24, 2.45) is 5.73 Å². The maximum atomic E-state index is 13.6. The quantitative estimate of drug-likeness (QED) is 0.616. The zero-order valence-electron chi connectivity index (χ0n) is 9.70. The predicted molar refractivity (Wildman–Crippen MR) is 66.2 cm³/mol. The van der Waals surface area contributed by atoms with Gasteiger partial charge in [0.15, 0.2) is 0 Å². The van der Waals surface area contributed by atoms with Crippen LogP contribution in [0.3, 0.4) is 0 Å². The molecule has 90 valence electrons. The molecule has 0 aliphatic heterocycles. The van der Waals surface area contributed by atoms with Crippen molar-refractivity contribution in [1.82, 2.24) is 0 Å². The molecule has 1 atom stereocenters. The van der Waals surface area contributed by atoms with Crippen molar-refractivity contribution < 1.29 is 9.13 Å². The summed E-state index contributed by atoms with van der Waals surface area (Å²) in [4.78, 5) is 0.936. The highest BCUT2D eigenvalue weighted by Gasteiger charge is 2.12. The Kier molecular flexibility index (Phi) is 5.80. The highest BCUT2D eigenvalue weighted by Crippen LogP contribution is 2.29. The lowest BCUT2D eigenvalue weighted by Gasteiger charge is -2.13. The fourth-order valence-electron chi connectivity index (χ4n) is 1.47. The van der Waals surface area contributed by atoms with E-state index in [0.29, 0.717) is 5.56 Å². The van der Waals surface area contributed by atoms with Crippen LogP contribution < -0.4 is 5.73 Å². The first kappa shape index (κ1) is 13.5. The first-order valence-corrected chi connectivity index (χ1v) is 6.31. The molecule has 2 N–H and O–H groups in total. The van der Waals surface area contributed by atoms with Crippen molar-refractivity contribution in [2.45, 2.75) is 24.3 Å². The summed E-state index contributed by atoms with van der Waals surface area (Å²) in [7, 11) is 1.68. The summed E-state index contributed by atoms with van der Waals surface area (Å²) < 4.78 is 18.5. The third kappa shape index (κ3) is 3.77. The van der Waals surface area contributed by atoms with E-state index in [2.05, 4.69) is 0 Å². The molecule has 0 unspecified atom stereocenters. The molecule has 2 nitrogen and oxygen atoms in total. The molecule has 0 aliphatic rings. The number of thioether (sulfide) groups is 1. The average molecular weight is 243 g/mol. The molecule has 0 amide bonds. The summed E-state index contributed by atoms with van der Waals surface area (Å²) in [5.41, 5.74) is 6.38. The molecule has 0 aliphatic carbocycles. The Balaban J connectivity index is 2.67. The van der Waals surface area contributed by atoms with Crippen LogP contribution in [0.2, 0.25) is 0 Å². The van der Waals surface area contributed by atoms with Crippen molar-refractivity contribution in [1.29, 1.82) is 0 Å². The van der Waals surface area contributed by atoms with E-state index in [4.69, 9.17) is 10.5 Å². The number of rotatable bonds is 6. The second kappa shape index (κ2) is 6.89. The Morgan fingerprint density at radius 3 is 2.88 bits per heavy atom. The second-order valence-corrected chi connectivity index (χ2v) is 4.77. The first-order chi connectivity index (χ1) is 7.66. The number of methoxy groups -OCH3 is 1. The molecule has 4 heteroatoms. The van der Waals surface area contributed by atoms with Gasteiger partial charge in [-0.15, -0.1) is 11.8 Å². The lowest BCUT2D eigenvalue weighted by molar-refractivity contribution is 0.200. The van der Waals surface area contributed by atoms with Crippen LogP contribution in [0.5, 0.6) is 0 Å². The van der Waals surface area contributed by atoms with Gasteiger partial charge in [0.25, 0.3) is 0 Å². The van der Waals surface area contributed by atoms with Gasteiger partial charge in [0.05, 0.1) is 0 Å². The zero-order chi connectivity index (χ0) is 12.0. The molecule has 1 aromatic rings. The number of halogens is 1. The van der Waals surface area contributed by atoms with Gasteiger partial charge in [-0.2, -0.15) is 0 Å². The van der Waals surface area contributed by atoms with E-state index < -0.39 is 0 Å². The van der Waals surface area contributed by atoms with Gasteiger partial charge < -0.3 is 10.5 Å². The summed E-state index contributed by atoms with van der Waals surface area (Å²) in [5.74, 6) is 0.698. The van der Waals surface area contributed by atoms with Crippen LogP contribution in [-0.4, -0.2) is 19.5 Å². The highest BCUT2D eigenvalue weighted by molar-refractivity contribution is 7.99. The Labute approximate surface area is 100 Å². The maximum absolute atomic E-state index is 13.6. The van der Waals surface area contributed by atoms with Crippen molar-refractivity contribution in [3.8, 4) is 0 Å². The lowest BCUT2D eigenvalue weighted by Crippen LogP contribution is -2.09. The minimum absolute atomic E-state index is 0.216. The molecule has 0 radical (unpaired) electrons. The minimum atomic E-state index is -0.272. The SMILES string of the molecule is COCCCSc1cccc(F)c1[C@H](C)N. The number of hydrogen-bond acceptors (Lipinski definition) is 3. The third-order valence-electron chi connectivity index (χ3n) is 2.22.